The van der Waals surface area contributed by atoms with E-state index in [2.05, 4.69) is 16.9 Å². The molecule has 18 heavy (non-hydrogen) atoms. The molecule has 2 rings (SSSR count). The average molecular weight is 250 g/mol. The van der Waals surface area contributed by atoms with Crippen LogP contribution < -0.4 is 4.74 Å². The summed E-state index contributed by atoms with van der Waals surface area (Å²) in [7, 11) is 2.13. The number of rotatable bonds is 6. The highest BCUT2D eigenvalue weighted by Gasteiger charge is 2.25. The zero-order chi connectivity index (χ0) is 13.1. The Morgan fingerprint density at radius 2 is 2.17 bits per heavy atom. The minimum atomic E-state index is -0.0209. The second kappa shape index (κ2) is 5.67. The van der Waals surface area contributed by atoms with Gasteiger partial charge < -0.3 is 14.7 Å². The van der Waals surface area contributed by atoms with Crippen molar-refractivity contribution in [3.8, 4) is 5.88 Å². The van der Waals surface area contributed by atoms with Crippen molar-refractivity contribution in [2.45, 2.75) is 39.3 Å². The third kappa shape index (κ3) is 3.21. The molecule has 1 aromatic heterocycles. The maximum atomic E-state index is 9.37. The molecule has 4 nitrogen and oxygen atoms in total. The van der Waals surface area contributed by atoms with Crippen LogP contribution in [-0.2, 0) is 6.61 Å². The first-order valence-corrected chi connectivity index (χ1v) is 6.53. The molecule has 0 unspecified atom stereocenters. The summed E-state index contributed by atoms with van der Waals surface area (Å²) in [6, 6.07) is 2.72. The van der Waals surface area contributed by atoms with E-state index in [1.165, 1.54) is 12.8 Å². The van der Waals surface area contributed by atoms with Crippen LogP contribution in [0.15, 0.2) is 6.07 Å². The number of likely N-dealkylation sites (N-methyl/N-ethyl adjacent to an activating group) is 1. The molecule has 0 aliphatic heterocycles. The molecule has 1 fully saturated rings. The van der Waals surface area contributed by atoms with Gasteiger partial charge in [-0.3, -0.25) is 0 Å². The van der Waals surface area contributed by atoms with Crippen LogP contribution in [-0.4, -0.2) is 41.2 Å². The van der Waals surface area contributed by atoms with Crippen LogP contribution in [0.1, 0.15) is 29.7 Å². The van der Waals surface area contributed by atoms with E-state index < -0.39 is 0 Å². The van der Waals surface area contributed by atoms with Crippen LogP contribution in [0.2, 0.25) is 0 Å². The summed E-state index contributed by atoms with van der Waals surface area (Å²) in [6.45, 7) is 5.42. The smallest absolute Gasteiger partial charge is 0.219 e. The summed E-state index contributed by atoms with van der Waals surface area (Å²) < 4.78 is 5.73. The Bertz CT molecular complexity index is 417. The van der Waals surface area contributed by atoms with Gasteiger partial charge >= 0.3 is 0 Å². The number of aryl methyl sites for hydroxylation is 2. The number of hydrogen-bond acceptors (Lipinski definition) is 4. The highest BCUT2D eigenvalue weighted by Crippen LogP contribution is 2.25. The highest BCUT2D eigenvalue weighted by molar-refractivity contribution is 5.35. The van der Waals surface area contributed by atoms with E-state index in [1.807, 2.05) is 19.9 Å². The van der Waals surface area contributed by atoms with Crippen LogP contribution in [0.4, 0.5) is 0 Å². The highest BCUT2D eigenvalue weighted by atomic mass is 16.5. The summed E-state index contributed by atoms with van der Waals surface area (Å²) in [6.07, 6.45) is 2.61. The van der Waals surface area contributed by atoms with Crippen molar-refractivity contribution < 1.29 is 9.84 Å². The maximum absolute atomic E-state index is 9.37. The fourth-order valence-electron chi connectivity index (χ4n) is 2.12. The van der Waals surface area contributed by atoms with Gasteiger partial charge in [0.15, 0.2) is 0 Å². The summed E-state index contributed by atoms with van der Waals surface area (Å²) >= 11 is 0. The summed E-state index contributed by atoms with van der Waals surface area (Å²) in [5.74, 6) is 0.583. The minimum Gasteiger partial charge on any atom is -0.476 e. The predicted molar refractivity (Wildman–Crippen MR) is 70.8 cm³/mol. The Hall–Kier alpha value is -1.13. The normalized spacial score (nSPS) is 15.2. The van der Waals surface area contributed by atoms with E-state index in [-0.39, 0.29) is 6.61 Å². The van der Waals surface area contributed by atoms with Gasteiger partial charge in [0.25, 0.3) is 0 Å². The number of ether oxygens (including phenoxy) is 1. The monoisotopic (exact) mass is 250 g/mol. The molecule has 0 spiro atoms. The molecule has 100 valence electrons. The zero-order valence-electron chi connectivity index (χ0n) is 11.4. The second-order valence-electron chi connectivity index (χ2n) is 5.08. The lowest BCUT2D eigenvalue weighted by Gasteiger charge is -2.17. The van der Waals surface area contributed by atoms with E-state index in [9.17, 15) is 5.11 Å². The van der Waals surface area contributed by atoms with Crippen LogP contribution in [0.3, 0.4) is 0 Å². The number of pyridine rings is 1. The molecule has 0 radical (unpaired) electrons. The van der Waals surface area contributed by atoms with Crippen molar-refractivity contribution in [1.82, 2.24) is 9.88 Å². The van der Waals surface area contributed by atoms with E-state index in [1.54, 1.807) is 0 Å². The van der Waals surface area contributed by atoms with Crippen LogP contribution in [0, 0.1) is 13.8 Å². The maximum Gasteiger partial charge on any atom is 0.219 e. The van der Waals surface area contributed by atoms with Crippen molar-refractivity contribution >= 4 is 0 Å². The lowest BCUT2D eigenvalue weighted by atomic mass is 10.1. The van der Waals surface area contributed by atoms with Crippen molar-refractivity contribution in [2.24, 2.45) is 0 Å². The number of aliphatic hydroxyl groups is 1. The van der Waals surface area contributed by atoms with E-state index in [0.29, 0.717) is 12.5 Å². The zero-order valence-corrected chi connectivity index (χ0v) is 11.4. The molecule has 1 heterocycles. The molecular formula is C14H22N2O2. The summed E-state index contributed by atoms with van der Waals surface area (Å²) in [5, 5.41) is 9.37. The van der Waals surface area contributed by atoms with Gasteiger partial charge in [-0.1, -0.05) is 0 Å². The molecule has 1 aliphatic rings. The standard InChI is InChI=1S/C14H22N2O2/c1-10-8-11(2)15-14(13(10)9-17)18-7-6-16(3)12-4-5-12/h8,12,17H,4-7,9H2,1-3H3. The Morgan fingerprint density at radius 3 is 2.78 bits per heavy atom. The lowest BCUT2D eigenvalue weighted by molar-refractivity contribution is 0.216. The van der Waals surface area contributed by atoms with E-state index >= 15 is 0 Å². The van der Waals surface area contributed by atoms with Gasteiger partial charge in [0, 0.05) is 23.8 Å². The lowest BCUT2D eigenvalue weighted by Crippen LogP contribution is -2.26. The fourth-order valence-corrected chi connectivity index (χ4v) is 2.12. The largest absolute Gasteiger partial charge is 0.476 e. The summed E-state index contributed by atoms with van der Waals surface area (Å²) in [4.78, 5) is 6.68. The quantitative estimate of drug-likeness (QED) is 0.834. The first-order valence-electron chi connectivity index (χ1n) is 6.53. The Morgan fingerprint density at radius 1 is 1.44 bits per heavy atom. The van der Waals surface area contributed by atoms with Gasteiger partial charge in [-0.2, -0.15) is 0 Å². The average Bonchev–Trinajstić information content (AvgIpc) is 3.12. The van der Waals surface area contributed by atoms with Crippen molar-refractivity contribution in [2.75, 3.05) is 20.2 Å². The first kappa shape index (κ1) is 13.3. The Kier molecular flexibility index (Phi) is 4.19. The molecule has 0 saturated heterocycles. The number of aliphatic hydroxyl groups excluding tert-OH is 1. The van der Waals surface area contributed by atoms with Crippen LogP contribution in [0.25, 0.3) is 0 Å². The van der Waals surface area contributed by atoms with Gasteiger partial charge in [0.2, 0.25) is 5.88 Å². The third-order valence-electron chi connectivity index (χ3n) is 3.45. The van der Waals surface area contributed by atoms with E-state index in [4.69, 9.17) is 4.74 Å². The second-order valence-corrected chi connectivity index (χ2v) is 5.08. The topological polar surface area (TPSA) is 45.6 Å². The summed E-state index contributed by atoms with van der Waals surface area (Å²) in [5.41, 5.74) is 2.76. The molecule has 1 aliphatic carbocycles. The van der Waals surface area contributed by atoms with Crippen molar-refractivity contribution in [1.29, 1.82) is 0 Å². The SMILES string of the molecule is Cc1cc(C)c(CO)c(OCCN(C)C2CC2)n1. The molecule has 0 aromatic carbocycles. The predicted octanol–water partition coefficient (Wildman–Crippen LogP) is 1.66. The number of hydrogen-bond donors (Lipinski definition) is 1. The molecular weight excluding hydrogens is 228 g/mol. The van der Waals surface area contributed by atoms with E-state index in [0.717, 1.165) is 29.4 Å². The van der Waals surface area contributed by atoms with Crippen LogP contribution >= 0.6 is 0 Å². The number of aromatic nitrogens is 1. The first-order chi connectivity index (χ1) is 8.61. The Labute approximate surface area is 109 Å². The molecule has 0 amide bonds. The molecule has 1 aromatic rings. The van der Waals surface area contributed by atoms with Gasteiger partial charge in [0.05, 0.1) is 6.61 Å². The van der Waals surface area contributed by atoms with Crippen LogP contribution in [0.5, 0.6) is 5.88 Å². The Balaban J connectivity index is 1.94. The van der Waals surface area contributed by atoms with Crippen molar-refractivity contribution in [3.63, 3.8) is 0 Å². The minimum absolute atomic E-state index is 0.0209. The molecule has 0 atom stereocenters. The van der Waals surface area contributed by atoms with Crippen molar-refractivity contribution in [3.05, 3.63) is 22.9 Å². The van der Waals surface area contributed by atoms with Gasteiger partial charge in [-0.25, -0.2) is 4.98 Å². The van der Waals surface area contributed by atoms with Gasteiger partial charge in [-0.05, 0) is 45.4 Å². The molecule has 1 saturated carbocycles. The molecule has 4 heteroatoms. The number of nitrogens with zero attached hydrogens (tertiary/aromatic N) is 2. The van der Waals surface area contributed by atoms with Gasteiger partial charge in [0.1, 0.15) is 6.61 Å². The third-order valence-corrected chi connectivity index (χ3v) is 3.45. The fraction of sp³-hybridized carbons (Fsp3) is 0.643. The molecule has 0 bridgehead atoms. The molecule has 1 N–H and O–H groups in total. The van der Waals surface area contributed by atoms with Gasteiger partial charge in [-0.15, -0.1) is 0 Å².